The summed E-state index contributed by atoms with van der Waals surface area (Å²) < 4.78 is 39.1. The normalized spacial score (nSPS) is 13.6. The van der Waals surface area contributed by atoms with Gasteiger partial charge in [0.25, 0.3) is 0 Å². The average Bonchev–Trinajstić information content (AvgIpc) is 2.77. The van der Waals surface area contributed by atoms with Gasteiger partial charge in [-0.2, -0.15) is 18.3 Å². The first kappa shape index (κ1) is 12.6. The largest absolute Gasteiger partial charge is 0.416 e. The number of nitrogens with two attached hydrogens (primary N) is 1. The van der Waals surface area contributed by atoms with Crippen LogP contribution < -0.4 is 5.73 Å². The van der Waals surface area contributed by atoms with Crippen molar-refractivity contribution >= 4 is 0 Å². The summed E-state index contributed by atoms with van der Waals surface area (Å²) in [4.78, 5) is 0. The van der Waals surface area contributed by atoms with Crippen molar-refractivity contribution in [2.45, 2.75) is 19.1 Å². The molecule has 1 aromatic carbocycles. The molecule has 1 heterocycles. The molecule has 6 heteroatoms. The Balaban J connectivity index is 2.38. The van der Waals surface area contributed by atoms with Crippen LogP contribution in [0.5, 0.6) is 0 Å². The zero-order valence-corrected chi connectivity index (χ0v) is 9.65. The first-order valence-corrected chi connectivity index (χ1v) is 5.36. The van der Waals surface area contributed by atoms with Gasteiger partial charge < -0.3 is 5.73 Å². The molecule has 0 spiro atoms. The number of rotatable bonds is 2. The number of alkyl halides is 3. The van der Waals surface area contributed by atoms with Crippen molar-refractivity contribution in [3.63, 3.8) is 0 Å². The van der Waals surface area contributed by atoms with Gasteiger partial charge in [0.05, 0.1) is 17.4 Å². The van der Waals surface area contributed by atoms with Crippen LogP contribution in [0.2, 0.25) is 0 Å². The van der Waals surface area contributed by atoms with Crippen LogP contribution in [0.4, 0.5) is 13.2 Å². The summed E-state index contributed by atoms with van der Waals surface area (Å²) in [7, 11) is 0. The predicted octanol–water partition coefficient (Wildman–Crippen LogP) is 2.91. The summed E-state index contributed by atoms with van der Waals surface area (Å²) >= 11 is 0. The molecular weight excluding hydrogens is 243 g/mol. The highest BCUT2D eigenvalue weighted by Gasteiger charge is 2.30. The van der Waals surface area contributed by atoms with Gasteiger partial charge in [-0.1, -0.05) is 6.07 Å². The first-order chi connectivity index (χ1) is 8.38. The Hall–Kier alpha value is -1.82. The van der Waals surface area contributed by atoms with Gasteiger partial charge in [0.15, 0.2) is 0 Å². The van der Waals surface area contributed by atoms with E-state index in [-0.39, 0.29) is 6.04 Å². The van der Waals surface area contributed by atoms with Crippen LogP contribution in [-0.2, 0) is 6.18 Å². The summed E-state index contributed by atoms with van der Waals surface area (Å²) in [6.07, 6.45) is -1.18. The highest BCUT2D eigenvalue weighted by Crippen LogP contribution is 2.30. The molecule has 0 saturated heterocycles. The van der Waals surface area contributed by atoms with E-state index in [0.717, 1.165) is 17.7 Å². The molecule has 1 atom stereocenters. The zero-order valence-electron chi connectivity index (χ0n) is 9.65. The van der Waals surface area contributed by atoms with Crippen molar-refractivity contribution in [3.05, 3.63) is 47.8 Å². The number of halogens is 3. The molecule has 2 N–H and O–H groups in total. The number of aromatic nitrogens is 2. The monoisotopic (exact) mass is 255 g/mol. The Morgan fingerprint density at radius 1 is 1.33 bits per heavy atom. The summed E-state index contributed by atoms with van der Waals surface area (Å²) in [6.45, 7) is 1.79. The third-order valence-electron chi connectivity index (χ3n) is 2.57. The number of hydrogen-bond donors (Lipinski definition) is 1. The summed E-state index contributed by atoms with van der Waals surface area (Å²) in [5, 5.41) is 4.00. The molecule has 1 aromatic heterocycles. The second-order valence-electron chi connectivity index (χ2n) is 4.06. The molecule has 0 amide bonds. The minimum absolute atomic E-state index is 0.204. The fraction of sp³-hybridized carbons (Fsp3) is 0.250. The molecule has 0 aliphatic carbocycles. The Morgan fingerprint density at radius 3 is 2.61 bits per heavy atom. The van der Waals surface area contributed by atoms with Gasteiger partial charge in [0.2, 0.25) is 0 Å². The lowest BCUT2D eigenvalue weighted by atomic mass is 10.2. The molecule has 2 rings (SSSR count). The standard InChI is InChI=1S/C12H12F3N3/c1-8(16)9-6-17-18(7-9)11-4-2-3-10(5-11)12(13,14)15/h2-8H,16H2,1H3. The molecule has 0 aliphatic heterocycles. The van der Waals surface area contributed by atoms with Crippen molar-refractivity contribution in [2.75, 3.05) is 0 Å². The van der Waals surface area contributed by atoms with Crippen LogP contribution >= 0.6 is 0 Å². The van der Waals surface area contributed by atoms with E-state index < -0.39 is 11.7 Å². The molecule has 2 aromatic rings. The van der Waals surface area contributed by atoms with Crippen LogP contribution in [0.15, 0.2) is 36.7 Å². The summed E-state index contributed by atoms with van der Waals surface area (Å²) in [6, 6.07) is 4.79. The molecule has 0 aliphatic rings. The Kier molecular flexibility index (Phi) is 3.13. The maximum Gasteiger partial charge on any atom is 0.416 e. The van der Waals surface area contributed by atoms with E-state index in [1.807, 2.05) is 0 Å². The SMILES string of the molecule is CC(N)c1cnn(-c2cccc(C(F)(F)F)c2)c1. The maximum atomic E-state index is 12.6. The summed E-state index contributed by atoms with van der Waals surface area (Å²) in [5.41, 5.74) is 6.10. The first-order valence-electron chi connectivity index (χ1n) is 5.36. The minimum atomic E-state index is -4.35. The Labute approximate surface area is 102 Å². The van der Waals surface area contributed by atoms with Crippen LogP contribution in [0.3, 0.4) is 0 Å². The van der Waals surface area contributed by atoms with E-state index in [4.69, 9.17) is 5.73 Å². The molecule has 96 valence electrons. The molecule has 0 radical (unpaired) electrons. The van der Waals surface area contributed by atoms with E-state index in [2.05, 4.69) is 5.10 Å². The smallest absolute Gasteiger partial charge is 0.324 e. The topological polar surface area (TPSA) is 43.8 Å². The van der Waals surface area contributed by atoms with Crippen molar-refractivity contribution in [1.29, 1.82) is 0 Å². The molecular formula is C12H12F3N3. The molecule has 0 bridgehead atoms. The zero-order chi connectivity index (χ0) is 13.3. The average molecular weight is 255 g/mol. The second kappa shape index (κ2) is 4.45. The maximum absolute atomic E-state index is 12.6. The van der Waals surface area contributed by atoms with Gasteiger partial charge in [-0.15, -0.1) is 0 Å². The lowest BCUT2D eigenvalue weighted by Gasteiger charge is -2.08. The van der Waals surface area contributed by atoms with Crippen LogP contribution in [0.1, 0.15) is 24.1 Å². The lowest BCUT2D eigenvalue weighted by molar-refractivity contribution is -0.137. The van der Waals surface area contributed by atoms with Gasteiger partial charge in [0.1, 0.15) is 0 Å². The van der Waals surface area contributed by atoms with Crippen LogP contribution in [0, 0.1) is 0 Å². The molecule has 1 unspecified atom stereocenters. The van der Waals surface area contributed by atoms with Crippen molar-refractivity contribution < 1.29 is 13.2 Å². The fourth-order valence-electron chi connectivity index (χ4n) is 1.54. The van der Waals surface area contributed by atoms with Gasteiger partial charge in [-0.05, 0) is 25.1 Å². The minimum Gasteiger partial charge on any atom is -0.324 e. The summed E-state index contributed by atoms with van der Waals surface area (Å²) in [5.74, 6) is 0. The van der Waals surface area contributed by atoms with E-state index in [0.29, 0.717) is 5.69 Å². The number of hydrogen-bond acceptors (Lipinski definition) is 2. The van der Waals surface area contributed by atoms with Crippen LogP contribution in [0.25, 0.3) is 5.69 Å². The lowest BCUT2D eigenvalue weighted by Crippen LogP contribution is -2.06. The predicted molar refractivity (Wildman–Crippen MR) is 61.2 cm³/mol. The number of benzene rings is 1. The second-order valence-corrected chi connectivity index (χ2v) is 4.06. The van der Waals surface area contributed by atoms with E-state index in [1.165, 1.54) is 10.7 Å². The third-order valence-corrected chi connectivity index (χ3v) is 2.57. The van der Waals surface area contributed by atoms with Crippen molar-refractivity contribution in [3.8, 4) is 5.69 Å². The fourth-order valence-corrected chi connectivity index (χ4v) is 1.54. The molecule has 18 heavy (non-hydrogen) atoms. The highest BCUT2D eigenvalue weighted by atomic mass is 19.4. The van der Waals surface area contributed by atoms with E-state index >= 15 is 0 Å². The van der Waals surface area contributed by atoms with Gasteiger partial charge in [0, 0.05) is 17.8 Å². The van der Waals surface area contributed by atoms with Crippen molar-refractivity contribution in [1.82, 2.24) is 9.78 Å². The number of nitrogens with zero attached hydrogens (tertiary/aromatic N) is 2. The Bertz CT molecular complexity index is 543. The van der Waals surface area contributed by atoms with E-state index in [1.54, 1.807) is 25.4 Å². The Morgan fingerprint density at radius 2 is 2.06 bits per heavy atom. The third kappa shape index (κ3) is 2.53. The quantitative estimate of drug-likeness (QED) is 0.896. The van der Waals surface area contributed by atoms with Crippen molar-refractivity contribution in [2.24, 2.45) is 5.73 Å². The van der Waals surface area contributed by atoms with Gasteiger partial charge >= 0.3 is 6.18 Å². The molecule has 0 saturated carbocycles. The highest BCUT2D eigenvalue weighted by molar-refractivity contribution is 5.37. The molecule has 3 nitrogen and oxygen atoms in total. The van der Waals surface area contributed by atoms with Gasteiger partial charge in [-0.3, -0.25) is 0 Å². The van der Waals surface area contributed by atoms with E-state index in [9.17, 15) is 13.2 Å². The molecule has 0 fully saturated rings. The van der Waals surface area contributed by atoms with Crippen LogP contribution in [-0.4, -0.2) is 9.78 Å². The van der Waals surface area contributed by atoms with Gasteiger partial charge in [-0.25, -0.2) is 4.68 Å².